The lowest BCUT2D eigenvalue weighted by Gasteiger charge is -2.06. The van der Waals surface area contributed by atoms with Crippen LogP contribution in [0.5, 0.6) is 5.75 Å². The van der Waals surface area contributed by atoms with Gasteiger partial charge in [-0.1, -0.05) is 23.2 Å². The topological polar surface area (TPSA) is 77.2 Å². The molecule has 0 spiro atoms. The Morgan fingerprint density at radius 1 is 1.26 bits per heavy atom. The van der Waals surface area contributed by atoms with Crippen molar-refractivity contribution in [3.05, 3.63) is 52.5 Å². The molecule has 1 amide bonds. The van der Waals surface area contributed by atoms with Crippen LogP contribution in [0.1, 0.15) is 17.9 Å². The molecule has 1 aromatic carbocycles. The number of thiophene rings is 1. The van der Waals surface area contributed by atoms with E-state index in [-0.39, 0.29) is 12.5 Å². The quantitative estimate of drug-likeness (QED) is 0.576. The first-order valence-corrected chi connectivity index (χ1v) is 9.46. The summed E-state index contributed by atoms with van der Waals surface area (Å²) in [5.74, 6) is 4.14. The number of benzene rings is 1. The molecule has 6 nitrogen and oxygen atoms in total. The number of carbonyl (C=O) groups is 1. The van der Waals surface area contributed by atoms with E-state index in [2.05, 4.69) is 21.4 Å². The molecule has 0 aliphatic heterocycles. The van der Waals surface area contributed by atoms with Crippen molar-refractivity contribution >= 4 is 17.2 Å². The number of aromatic nitrogens is 2. The summed E-state index contributed by atoms with van der Waals surface area (Å²) in [5, 5.41) is 10.7. The summed E-state index contributed by atoms with van der Waals surface area (Å²) >= 11 is 1.57. The molecule has 0 bridgehead atoms. The zero-order valence-electron chi connectivity index (χ0n) is 14.7. The van der Waals surface area contributed by atoms with Crippen LogP contribution in [-0.4, -0.2) is 29.2 Å². The summed E-state index contributed by atoms with van der Waals surface area (Å²) in [6.07, 6.45) is 6.63. The third-order valence-electron chi connectivity index (χ3n) is 3.79. The van der Waals surface area contributed by atoms with Gasteiger partial charge in [-0.2, -0.15) is 16.3 Å². The van der Waals surface area contributed by atoms with E-state index >= 15 is 0 Å². The maximum absolute atomic E-state index is 12.0. The molecule has 0 saturated carbocycles. The number of nitrogens with zero attached hydrogens (tertiary/aromatic N) is 2. The second-order valence-corrected chi connectivity index (χ2v) is 6.54. The van der Waals surface area contributed by atoms with Crippen molar-refractivity contribution in [3.63, 3.8) is 0 Å². The molecule has 3 rings (SSSR count). The second-order valence-electron chi connectivity index (χ2n) is 5.76. The highest BCUT2D eigenvalue weighted by Crippen LogP contribution is 2.19. The number of aryl methyl sites for hydroxylation is 1. The van der Waals surface area contributed by atoms with E-state index in [1.807, 2.05) is 41.1 Å². The van der Waals surface area contributed by atoms with Gasteiger partial charge in [0.25, 0.3) is 0 Å². The SMILES string of the molecule is C#CCOc1ccc(CCNC(=O)CCc2nc(-c3ccsc3)no2)cc1. The van der Waals surface area contributed by atoms with Gasteiger partial charge in [0, 0.05) is 30.3 Å². The van der Waals surface area contributed by atoms with Crippen molar-refractivity contribution < 1.29 is 14.1 Å². The molecule has 2 aromatic heterocycles. The third kappa shape index (κ3) is 5.69. The molecule has 0 saturated heterocycles. The Labute approximate surface area is 161 Å². The number of nitrogens with one attached hydrogen (secondary N) is 1. The van der Waals surface area contributed by atoms with Gasteiger partial charge in [-0.05, 0) is 35.6 Å². The predicted octanol–water partition coefficient (Wildman–Crippen LogP) is 3.10. The summed E-state index contributed by atoms with van der Waals surface area (Å²) in [4.78, 5) is 16.3. The molecular formula is C20H19N3O3S. The first kappa shape index (κ1) is 18.7. The van der Waals surface area contributed by atoms with Crippen molar-refractivity contribution in [3.8, 4) is 29.5 Å². The lowest BCUT2D eigenvalue weighted by molar-refractivity contribution is -0.121. The Morgan fingerprint density at radius 3 is 2.85 bits per heavy atom. The van der Waals surface area contributed by atoms with Crippen LogP contribution < -0.4 is 10.1 Å². The summed E-state index contributed by atoms with van der Waals surface area (Å²) < 4.78 is 10.5. The van der Waals surface area contributed by atoms with Crippen LogP contribution in [0.4, 0.5) is 0 Å². The van der Waals surface area contributed by atoms with Gasteiger partial charge in [0.2, 0.25) is 17.6 Å². The molecule has 0 unspecified atom stereocenters. The Balaban J connectivity index is 1.37. The van der Waals surface area contributed by atoms with E-state index in [1.165, 1.54) is 0 Å². The zero-order chi connectivity index (χ0) is 18.9. The Morgan fingerprint density at radius 2 is 2.11 bits per heavy atom. The van der Waals surface area contributed by atoms with Crippen LogP contribution in [0.15, 0.2) is 45.6 Å². The molecule has 2 heterocycles. The van der Waals surface area contributed by atoms with Crippen LogP contribution in [0.2, 0.25) is 0 Å². The molecule has 138 valence electrons. The minimum Gasteiger partial charge on any atom is -0.481 e. The number of terminal acetylenes is 1. The standard InChI is InChI=1S/C20H19N3O3S/c1-2-12-25-17-5-3-15(4-6-17)9-11-21-18(24)7-8-19-22-20(23-26-19)16-10-13-27-14-16/h1,3-6,10,13-14H,7-9,11-12H2,(H,21,24). The van der Waals surface area contributed by atoms with Gasteiger partial charge in [-0.25, -0.2) is 0 Å². The van der Waals surface area contributed by atoms with Gasteiger partial charge < -0.3 is 14.6 Å². The number of hydrogen-bond donors (Lipinski definition) is 1. The maximum Gasteiger partial charge on any atom is 0.227 e. The molecule has 3 aromatic rings. The summed E-state index contributed by atoms with van der Waals surface area (Å²) in [5.41, 5.74) is 2.04. The molecule has 7 heteroatoms. The minimum absolute atomic E-state index is 0.0424. The van der Waals surface area contributed by atoms with Crippen LogP contribution >= 0.6 is 11.3 Å². The van der Waals surface area contributed by atoms with Crippen LogP contribution in [0, 0.1) is 12.3 Å². The molecule has 0 radical (unpaired) electrons. The molecular weight excluding hydrogens is 362 g/mol. The monoisotopic (exact) mass is 381 g/mol. The number of hydrogen-bond acceptors (Lipinski definition) is 6. The highest BCUT2D eigenvalue weighted by Gasteiger charge is 2.10. The van der Waals surface area contributed by atoms with Crippen molar-refractivity contribution in [1.29, 1.82) is 0 Å². The fourth-order valence-corrected chi connectivity index (χ4v) is 3.03. The Bertz CT molecular complexity index is 895. The smallest absolute Gasteiger partial charge is 0.227 e. The number of rotatable bonds is 9. The van der Waals surface area contributed by atoms with Crippen molar-refractivity contribution in [2.45, 2.75) is 19.3 Å². The average molecular weight is 381 g/mol. The number of amides is 1. The van der Waals surface area contributed by atoms with E-state index in [0.29, 0.717) is 31.1 Å². The lowest BCUT2D eigenvalue weighted by atomic mass is 10.1. The minimum atomic E-state index is -0.0424. The average Bonchev–Trinajstić information content (AvgIpc) is 3.37. The van der Waals surface area contributed by atoms with Crippen molar-refractivity contribution in [2.75, 3.05) is 13.2 Å². The van der Waals surface area contributed by atoms with Gasteiger partial charge in [0.05, 0.1) is 0 Å². The summed E-state index contributed by atoms with van der Waals surface area (Å²) in [6, 6.07) is 9.59. The van der Waals surface area contributed by atoms with Gasteiger partial charge in [-0.3, -0.25) is 4.79 Å². The molecule has 0 aliphatic carbocycles. The summed E-state index contributed by atoms with van der Waals surface area (Å²) in [6.45, 7) is 0.817. The summed E-state index contributed by atoms with van der Waals surface area (Å²) in [7, 11) is 0. The van der Waals surface area contributed by atoms with E-state index in [1.54, 1.807) is 11.3 Å². The van der Waals surface area contributed by atoms with E-state index in [4.69, 9.17) is 15.7 Å². The fourth-order valence-electron chi connectivity index (χ4n) is 2.40. The molecule has 0 fully saturated rings. The van der Waals surface area contributed by atoms with Crippen LogP contribution in [0.3, 0.4) is 0 Å². The van der Waals surface area contributed by atoms with Crippen molar-refractivity contribution in [1.82, 2.24) is 15.5 Å². The van der Waals surface area contributed by atoms with Crippen LogP contribution in [-0.2, 0) is 17.6 Å². The molecule has 0 atom stereocenters. The molecule has 1 N–H and O–H groups in total. The third-order valence-corrected chi connectivity index (χ3v) is 4.48. The van der Waals surface area contributed by atoms with E-state index < -0.39 is 0 Å². The first-order chi connectivity index (χ1) is 13.2. The Kier molecular flexibility index (Phi) is 6.61. The number of carbonyl (C=O) groups excluding carboxylic acids is 1. The Hall–Kier alpha value is -3.11. The first-order valence-electron chi connectivity index (χ1n) is 8.51. The van der Waals surface area contributed by atoms with E-state index in [9.17, 15) is 4.79 Å². The lowest BCUT2D eigenvalue weighted by Crippen LogP contribution is -2.25. The zero-order valence-corrected chi connectivity index (χ0v) is 15.5. The molecule has 0 aliphatic rings. The van der Waals surface area contributed by atoms with Crippen molar-refractivity contribution in [2.24, 2.45) is 0 Å². The second kappa shape index (κ2) is 9.55. The highest BCUT2D eigenvalue weighted by molar-refractivity contribution is 7.08. The largest absolute Gasteiger partial charge is 0.481 e. The van der Waals surface area contributed by atoms with Gasteiger partial charge in [-0.15, -0.1) is 6.42 Å². The fraction of sp³-hybridized carbons (Fsp3) is 0.250. The van der Waals surface area contributed by atoms with Gasteiger partial charge in [0.1, 0.15) is 12.4 Å². The van der Waals surface area contributed by atoms with Crippen LogP contribution in [0.25, 0.3) is 11.4 Å². The van der Waals surface area contributed by atoms with E-state index in [0.717, 1.165) is 23.3 Å². The highest BCUT2D eigenvalue weighted by atomic mass is 32.1. The predicted molar refractivity (Wildman–Crippen MR) is 103 cm³/mol. The van der Waals surface area contributed by atoms with Gasteiger partial charge >= 0.3 is 0 Å². The molecule has 27 heavy (non-hydrogen) atoms. The number of ether oxygens (including phenoxy) is 1. The van der Waals surface area contributed by atoms with Gasteiger partial charge in [0.15, 0.2) is 0 Å². The normalized spacial score (nSPS) is 10.3. The maximum atomic E-state index is 12.0.